The van der Waals surface area contributed by atoms with Gasteiger partial charge in [-0.3, -0.25) is 4.79 Å². The van der Waals surface area contributed by atoms with Gasteiger partial charge in [0.1, 0.15) is 0 Å². The summed E-state index contributed by atoms with van der Waals surface area (Å²) in [5, 5.41) is 10.7. The second-order valence-corrected chi connectivity index (χ2v) is 5.78. The summed E-state index contributed by atoms with van der Waals surface area (Å²) in [7, 11) is 0. The van der Waals surface area contributed by atoms with Gasteiger partial charge in [-0.25, -0.2) is 0 Å². The number of hydrogen-bond acceptors (Lipinski definition) is 3. The fourth-order valence-electron chi connectivity index (χ4n) is 2.63. The van der Waals surface area contributed by atoms with Gasteiger partial charge in [0.05, 0.1) is 18.1 Å². The molecule has 114 valence electrons. The second kappa shape index (κ2) is 9.35. The van der Waals surface area contributed by atoms with Crippen molar-refractivity contribution in [3.8, 4) is 0 Å². The maximum Gasteiger partial charge on any atom is 0.312 e. The van der Waals surface area contributed by atoms with Gasteiger partial charge in [-0.1, -0.05) is 52.9 Å². The molecule has 3 atom stereocenters. The molecular weight excluding hydrogens is 240 g/mol. The molecule has 0 spiro atoms. The number of rotatable bonds is 10. The van der Waals surface area contributed by atoms with E-state index < -0.39 is 11.5 Å². The van der Waals surface area contributed by atoms with Gasteiger partial charge < -0.3 is 9.84 Å². The van der Waals surface area contributed by atoms with Crippen LogP contribution in [-0.2, 0) is 9.53 Å². The highest BCUT2D eigenvalue weighted by Gasteiger charge is 2.40. The van der Waals surface area contributed by atoms with E-state index in [1.54, 1.807) is 6.92 Å². The highest BCUT2D eigenvalue weighted by atomic mass is 16.5. The minimum atomic E-state index is -0.963. The quantitative estimate of drug-likeness (QED) is 0.484. The first-order valence-corrected chi connectivity index (χ1v) is 7.79. The smallest absolute Gasteiger partial charge is 0.312 e. The summed E-state index contributed by atoms with van der Waals surface area (Å²) in [5.74, 6) is -0.531. The van der Waals surface area contributed by atoms with Crippen molar-refractivity contribution in [2.75, 3.05) is 6.61 Å². The van der Waals surface area contributed by atoms with Crippen LogP contribution in [0.5, 0.6) is 0 Å². The molecule has 0 aromatic heterocycles. The lowest BCUT2D eigenvalue weighted by Crippen LogP contribution is -2.44. The zero-order valence-electron chi connectivity index (χ0n) is 13.4. The number of hydrogen-bond donors (Lipinski definition) is 1. The van der Waals surface area contributed by atoms with Crippen LogP contribution in [0.25, 0.3) is 0 Å². The van der Waals surface area contributed by atoms with E-state index in [-0.39, 0.29) is 11.9 Å². The Balaban J connectivity index is 4.66. The molecule has 0 aliphatic heterocycles. The van der Waals surface area contributed by atoms with Crippen LogP contribution >= 0.6 is 0 Å². The van der Waals surface area contributed by atoms with E-state index >= 15 is 0 Å². The van der Waals surface area contributed by atoms with E-state index in [1.165, 1.54) is 12.8 Å². The first-order valence-electron chi connectivity index (χ1n) is 7.79. The Morgan fingerprint density at radius 3 is 2.32 bits per heavy atom. The van der Waals surface area contributed by atoms with E-state index in [1.807, 2.05) is 20.8 Å². The molecular formula is C16H32O3. The van der Waals surface area contributed by atoms with Gasteiger partial charge >= 0.3 is 5.97 Å². The maximum absolute atomic E-state index is 12.1. The van der Waals surface area contributed by atoms with Crippen molar-refractivity contribution in [1.29, 1.82) is 0 Å². The van der Waals surface area contributed by atoms with Crippen molar-refractivity contribution in [3.05, 3.63) is 0 Å². The molecule has 0 rings (SSSR count). The molecule has 0 amide bonds. The second-order valence-electron chi connectivity index (χ2n) is 5.78. The molecule has 0 saturated carbocycles. The Morgan fingerprint density at radius 1 is 1.21 bits per heavy atom. The number of aliphatic hydroxyl groups is 1. The summed E-state index contributed by atoms with van der Waals surface area (Å²) in [4.78, 5) is 12.1. The summed E-state index contributed by atoms with van der Waals surface area (Å²) >= 11 is 0. The van der Waals surface area contributed by atoms with E-state index in [0.717, 1.165) is 19.3 Å². The third-order valence-corrected chi connectivity index (χ3v) is 3.96. The van der Waals surface area contributed by atoms with E-state index in [2.05, 4.69) is 6.92 Å². The molecule has 3 heteroatoms. The number of carbonyl (C=O) groups excluding carboxylic acids is 1. The van der Waals surface area contributed by atoms with Crippen molar-refractivity contribution in [3.63, 3.8) is 0 Å². The lowest BCUT2D eigenvalue weighted by atomic mass is 9.76. The van der Waals surface area contributed by atoms with Crippen LogP contribution in [0.3, 0.4) is 0 Å². The summed E-state index contributed by atoms with van der Waals surface area (Å²) in [6.45, 7) is 10.2. The maximum atomic E-state index is 12.1. The largest absolute Gasteiger partial charge is 0.466 e. The van der Waals surface area contributed by atoms with Crippen molar-refractivity contribution in [2.24, 2.45) is 11.8 Å². The average Bonchev–Trinajstić information content (AvgIpc) is 2.34. The van der Waals surface area contributed by atoms with Crippen LogP contribution in [0.2, 0.25) is 0 Å². The highest BCUT2D eigenvalue weighted by molar-refractivity contribution is 5.74. The van der Waals surface area contributed by atoms with Crippen LogP contribution < -0.4 is 0 Å². The number of unbranched alkanes of at least 4 members (excludes halogenated alkanes) is 3. The first kappa shape index (κ1) is 18.4. The van der Waals surface area contributed by atoms with Crippen LogP contribution in [0.15, 0.2) is 0 Å². The number of esters is 1. The van der Waals surface area contributed by atoms with Crippen LogP contribution in [0, 0.1) is 11.8 Å². The van der Waals surface area contributed by atoms with Gasteiger partial charge in [0, 0.05) is 0 Å². The Labute approximate surface area is 118 Å². The van der Waals surface area contributed by atoms with Gasteiger partial charge in [0.15, 0.2) is 0 Å². The zero-order chi connectivity index (χ0) is 14.9. The fraction of sp³-hybridized carbons (Fsp3) is 0.938. The molecule has 0 fully saturated rings. The molecule has 0 bridgehead atoms. The molecule has 0 aromatic carbocycles. The minimum Gasteiger partial charge on any atom is -0.466 e. The predicted molar refractivity (Wildman–Crippen MR) is 79.0 cm³/mol. The monoisotopic (exact) mass is 272 g/mol. The third-order valence-electron chi connectivity index (χ3n) is 3.96. The normalized spacial score (nSPS) is 17.6. The van der Waals surface area contributed by atoms with E-state index in [9.17, 15) is 9.90 Å². The van der Waals surface area contributed by atoms with Gasteiger partial charge in [0.2, 0.25) is 0 Å². The predicted octanol–water partition coefficient (Wildman–Crippen LogP) is 3.93. The molecule has 0 radical (unpaired) electrons. The van der Waals surface area contributed by atoms with Crippen molar-refractivity contribution < 1.29 is 14.6 Å². The molecule has 0 heterocycles. The van der Waals surface area contributed by atoms with Gasteiger partial charge in [-0.05, 0) is 26.2 Å². The van der Waals surface area contributed by atoms with Crippen molar-refractivity contribution in [1.82, 2.24) is 0 Å². The Hall–Kier alpha value is -0.570. The number of ether oxygens (including phenoxy) is 1. The molecule has 19 heavy (non-hydrogen) atoms. The van der Waals surface area contributed by atoms with Gasteiger partial charge in [0.25, 0.3) is 0 Å². The van der Waals surface area contributed by atoms with Gasteiger partial charge in [-0.2, -0.15) is 0 Å². The molecule has 0 aromatic rings. The lowest BCUT2D eigenvalue weighted by Gasteiger charge is -2.35. The van der Waals surface area contributed by atoms with Crippen molar-refractivity contribution in [2.45, 2.75) is 78.7 Å². The third kappa shape index (κ3) is 6.42. The summed E-state index contributed by atoms with van der Waals surface area (Å²) in [6, 6.07) is 0. The molecule has 3 nitrogen and oxygen atoms in total. The summed E-state index contributed by atoms with van der Waals surface area (Å²) in [6.07, 6.45) is 5.98. The Bertz CT molecular complexity index is 248. The van der Waals surface area contributed by atoms with Gasteiger partial charge in [-0.15, -0.1) is 0 Å². The standard InChI is InChI=1S/C16H32O3/c1-6-9-10-11-12-16(5,18)14(13(4)7-2)15(17)19-8-3/h13-14,18H,6-12H2,1-5H3. The molecule has 0 aliphatic rings. The summed E-state index contributed by atoms with van der Waals surface area (Å²) < 4.78 is 5.14. The van der Waals surface area contributed by atoms with Crippen LogP contribution in [0.4, 0.5) is 0 Å². The highest BCUT2D eigenvalue weighted by Crippen LogP contribution is 2.32. The topological polar surface area (TPSA) is 46.5 Å². The fourth-order valence-corrected chi connectivity index (χ4v) is 2.63. The van der Waals surface area contributed by atoms with Crippen molar-refractivity contribution >= 4 is 5.97 Å². The lowest BCUT2D eigenvalue weighted by molar-refractivity contribution is -0.161. The molecule has 1 N–H and O–H groups in total. The summed E-state index contributed by atoms with van der Waals surface area (Å²) in [5.41, 5.74) is -0.963. The number of carbonyl (C=O) groups is 1. The van der Waals surface area contributed by atoms with E-state index in [4.69, 9.17) is 4.74 Å². The average molecular weight is 272 g/mol. The minimum absolute atomic E-state index is 0.139. The molecule has 0 saturated heterocycles. The van der Waals surface area contributed by atoms with E-state index in [0.29, 0.717) is 13.0 Å². The molecule has 3 unspecified atom stereocenters. The zero-order valence-corrected chi connectivity index (χ0v) is 13.4. The van der Waals surface area contributed by atoms with Crippen LogP contribution in [-0.4, -0.2) is 23.3 Å². The SMILES string of the molecule is CCCCCCC(C)(O)C(C(=O)OCC)C(C)CC. The first-order chi connectivity index (χ1) is 8.90. The van der Waals surface area contributed by atoms with Crippen LogP contribution in [0.1, 0.15) is 73.1 Å². The Kier molecular flexibility index (Phi) is 9.07. The Morgan fingerprint density at radius 2 is 1.84 bits per heavy atom. The molecule has 0 aliphatic carbocycles.